The number of allylic oxidation sites excluding steroid dienone is 1. The van der Waals surface area contributed by atoms with Crippen LogP contribution < -0.4 is 5.32 Å². The van der Waals surface area contributed by atoms with Gasteiger partial charge in [0.1, 0.15) is 17.7 Å². The van der Waals surface area contributed by atoms with E-state index in [0.717, 1.165) is 24.1 Å². The molecule has 1 heterocycles. The van der Waals surface area contributed by atoms with Crippen LogP contribution in [0.4, 0.5) is 5.69 Å². The van der Waals surface area contributed by atoms with E-state index in [1.165, 1.54) is 11.8 Å². The van der Waals surface area contributed by atoms with Crippen LogP contribution >= 0.6 is 0 Å². The summed E-state index contributed by atoms with van der Waals surface area (Å²) in [5, 5.41) is 20.5. The number of para-hydroxylation sites is 1. The third-order valence-corrected chi connectivity index (χ3v) is 3.06. The van der Waals surface area contributed by atoms with Crippen molar-refractivity contribution in [3.05, 3.63) is 71.7 Å². The summed E-state index contributed by atoms with van der Waals surface area (Å²) < 4.78 is 0. The van der Waals surface area contributed by atoms with Crippen LogP contribution in [0.25, 0.3) is 0 Å². The lowest BCUT2D eigenvalue weighted by Gasteiger charge is -2.09. The molecule has 0 saturated heterocycles. The average molecular weight is 274 g/mol. The number of benzene rings is 1. The van der Waals surface area contributed by atoms with Crippen molar-refractivity contribution in [2.45, 2.75) is 12.8 Å². The molecule has 0 spiro atoms. The number of pyridine rings is 1. The van der Waals surface area contributed by atoms with Crippen LogP contribution in [0.1, 0.15) is 11.1 Å². The van der Waals surface area contributed by atoms with Crippen molar-refractivity contribution in [1.29, 1.82) is 10.5 Å². The first-order chi connectivity index (χ1) is 10.3. The number of aryl methyl sites for hydroxylation is 2. The number of hydrogen-bond acceptors (Lipinski definition) is 4. The number of nitriles is 2. The van der Waals surface area contributed by atoms with E-state index in [-0.39, 0.29) is 5.57 Å². The van der Waals surface area contributed by atoms with E-state index >= 15 is 0 Å². The largest absolute Gasteiger partial charge is 0.360 e. The molecule has 4 nitrogen and oxygen atoms in total. The molecule has 0 aliphatic rings. The number of hydrogen-bond donors (Lipinski definition) is 1. The topological polar surface area (TPSA) is 72.5 Å². The van der Waals surface area contributed by atoms with Crippen molar-refractivity contribution in [2.75, 3.05) is 5.32 Å². The van der Waals surface area contributed by atoms with Crippen molar-refractivity contribution in [3.8, 4) is 12.1 Å². The summed E-state index contributed by atoms with van der Waals surface area (Å²) in [5.41, 5.74) is 3.33. The fraction of sp³-hybridized carbons (Fsp3) is 0.118. The lowest BCUT2D eigenvalue weighted by Crippen LogP contribution is -1.98. The van der Waals surface area contributed by atoms with E-state index in [2.05, 4.69) is 10.3 Å². The minimum absolute atomic E-state index is 0.0546. The monoisotopic (exact) mass is 274 g/mol. The summed E-state index contributed by atoms with van der Waals surface area (Å²) in [6, 6.07) is 15.5. The Hall–Kier alpha value is -3.11. The molecule has 0 fully saturated rings. The maximum absolute atomic E-state index is 8.74. The molecule has 0 amide bonds. The molecule has 0 saturated carbocycles. The van der Waals surface area contributed by atoms with Gasteiger partial charge in [0.05, 0.1) is 0 Å². The van der Waals surface area contributed by atoms with Crippen LogP contribution in [-0.4, -0.2) is 4.98 Å². The van der Waals surface area contributed by atoms with Gasteiger partial charge in [0.25, 0.3) is 0 Å². The summed E-state index contributed by atoms with van der Waals surface area (Å²) >= 11 is 0. The minimum atomic E-state index is 0.0546. The number of nitrogens with zero attached hydrogens (tertiary/aromatic N) is 3. The number of rotatable bonds is 5. The molecule has 0 unspecified atom stereocenters. The second kappa shape index (κ2) is 7.47. The van der Waals surface area contributed by atoms with Crippen molar-refractivity contribution >= 4 is 5.69 Å². The first-order valence-electron chi connectivity index (χ1n) is 6.57. The van der Waals surface area contributed by atoms with Gasteiger partial charge in [-0.1, -0.05) is 18.2 Å². The summed E-state index contributed by atoms with van der Waals surface area (Å²) in [6.45, 7) is 0. The Bertz CT molecular complexity index is 690. The summed E-state index contributed by atoms with van der Waals surface area (Å²) in [4.78, 5) is 4.00. The zero-order chi connectivity index (χ0) is 14.9. The summed E-state index contributed by atoms with van der Waals surface area (Å²) in [6.07, 6.45) is 6.79. The quantitative estimate of drug-likeness (QED) is 0.850. The second-order valence-electron chi connectivity index (χ2n) is 4.44. The highest BCUT2D eigenvalue weighted by Gasteiger charge is 2.02. The van der Waals surface area contributed by atoms with Gasteiger partial charge in [-0.3, -0.25) is 4.98 Å². The lowest BCUT2D eigenvalue weighted by atomic mass is 10.0. The van der Waals surface area contributed by atoms with E-state index in [1.54, 1.807) is 12.4 Å². The molecule has 1 aromatic heterocycles. The fourth-order valence-electron chi connectivity index (χ4n) is 1.95. The summed E-state index contributed by atoms with van der Waals surface area (Å²) in [5.74, 6) is 0. The van der Waals surface area contributed by atoms with E-state index in [0.29, 0.717) is 0 Å². The van der Waals surface area contributed by atoms with E-state index in [1.807, 2.05) is 48.5 Å². The smallest absolute Gasteiger partial charge is 0.145 e. The zero-order valence-electron chi connectivity index (χ0n) is 11.5. The molecule has 102 valence electrons. The molecule has 1 N–H and O–H groups in total. The zero-order valence-corrected chi connectivity index (χ0v) is 11.5. The Morgan fingerprint density at radius 1 is 1.05 bits per heavy atom. The number of anilines is 1. The van der Waals surface area contributed by atoms with Crippen molar-refractivity contribution < 1.29 is 0 Å². The lowest BCUT2D eigenvalue weighted by molar-refractivity contribution is 0.957. The van der Waals surface area contributed by atoms with E-state index in [4.69, 9.17) is 10.5 Å². The maximum Gasteiger partial charge on any atom is 0.145 e. The van der Waals surface area contributed by atoms with Gasteiger partial charge in [-0.2, -0.15) is 10.5 Å². The molecule has 0 aliphatic heterocycles. The predicted octanol–water partition coefficient (Wildman–Crippen LogP) is 3.21. The molecule has 0 aliphatic carbocycles. The van der Waals surface area contributed by atoms with Crippen LogP contribution in [0.3, 0.4) is 0 Å². The van der Waals surface area contributed by atoms with Gasteiger partial charge in [-0.25, -0.2) is 0 Å². The van der Waals surface area contributed by atoms with Crippen molar-refractivity contribution in [1.82, 2.24) is 4.98 Å². The van der Waals surface area contributed by atoms with Crippen LogP contribution in [-0.2, 0) is 12.8 Å². The first kappa shape index (κ1) is 14.3. The average Bonchev–Trinajstić information content (AvgIpc) is 2.56. The van der Waals surface area contributed by atoms with Crippen LogP contribution in [0, 0.1) is 22.7 Å². The van der Waals surface area contributed by atoms with Crippen LogP contribution in [0.5, 0.6) is 0 Å². The standard InChI is InChI=1S/C17H14N4/c18-11-15(12-19)13-21-17-4-2-1-3-16(17)6-5-14-7-9-20-10-8-14/h1-4,7-10,13,21H,5-6H2. The Morgan fingerprint density at radius 2 is 1.76 bits per heavy atom. The molecule has 2 aromatic rings. The molecular formula is C17H14N4. The van der Waals surface area contributed by atoms with E-state index in [9.17, 15) is 0 Å². The van der Waals surface area contributed by atoms with Gasteiger partial charge in [-0.15, -0.1) is 0 Å². The predicted molar refractivity (Wildman–Crippen MR) is 81.0 cm³/mol. The molecule has 4 heteroatoms. The Balaban J connectivity index is 2.09. The van der Waals surface area contributed by atoms with Crippen molar-refractivity contribution in [3.63, 3.8) is 0 Å². The number of aromatic nitrogens is 1. The number of nitrogens with one attached hydrogen (secondary N) is 1. The van der Waals surface area contributed by atoms with Crippen LogP contribution in [0.2, 0.25) is 0 Å². The van der Waals surface area contributed by atoms with Crippen LogP contribution in [0.15, 0.2) is 60.6 Å². The molecule has 0 radical (unpaired) electrons. The third kappa shape index (κ3) is 4.19. The van der Waals surface area contributed by atoms with Gasteiger partial charge in [0, 0.05) is 24.3 Å². The van der Waals surface area contributed by atoms with Gasteiger partial charge < -0.3 is 5.32 Å². The molecule has 2 rings (SSSR count). The Morgan fingerprint density at radius 3 is 2.48 bits per heavy atom. The maximum atomic E-state index is 8.74. The van der Waals surface area contributed by atoms with Gasteiger partial charge >= 0.3 is 0 Å². The summed E-state index contributed by atoms with van der Waals surface area (Å²) in [7, 11) is 0. The third-order valence-electron chi connectivity index (χ3n) is 3.06. The van der Waals surface area contributed by atoms with Gasteiger partial charge in [0.15, 0.2) is 0 Å². The molecule has 0 atom stereocenters. The molecular weight excluding hydrogens is 260 g/mol. The van der Waals surface area contributed by atoms with Gasteiger partial charge in [-0.05, 0) is 42.2 Å². The highest BCUT2D eigenvalue weighted by Crippen LogP contribution is 2.17. The fourth-order valence-corrected chi connectivity index (χ4v) is 1.95. The highest BCUT2D eigenvalue weighted by atomic mass is 14.8. The SMILES string of the molecule is N#CC(C#N)=CNc1ccccc1CCc1ccncc1. The van der Waals surface area contributed by atoms with E-state index < -0.39 is 0 Å². The normalized spacial score (nSPS) is 9.24. The molecule has 0 bridgehead atoms. The Labute approximate surface area is 124 Å². The highest BCUT2D eigenvalue weighted by molar-refractivity contribution is 5.55. The second-order valence-corrected chi connectivity index (χ2v) is 4.44. The molecule has 1 aromatic carbocycles. The molecule has 21 heavy (non-hydrogen) atoms. The minimum Gasteiger partial charge on any atom is -0.360 e. The Kier molecular flexibility index (Phi) is 5.09. The first-order valence-corrected chi connectivity index (χ1v) is 6.57. The van der Waals surface area contributed by atoms with Gasteiger partial charge in [0.2, 0.25) is 0 Å². The van der Waals surface area contributed by atoms with Crippen molar-refractivity contribution in [2.24, 2.45) is 0 Å².